The fourth-order valence-corrected chi connectivity index (χ4v) is 3.69. The van der Waals surface area contributed by atoms with Crippen molar-refractivity contribution < 1.29 is 0 Å². The number of rotatable bonds is 7. The van der Waals surface area contributed by atoms with Gasteiger partial charge in [0.15, 0.2) is 5.69 Å². The Morgan fingerprint density at radius 1 is 1.21 bits per heavy atom. The van der Waals surface area contributed by atoms with Crippen molar-refractivity contribution in [3.8, 4) is 10.6 Å². The van der Waals surface area contributed by atoms with Gasteiger partial charge >= 0.3 is 0 Å². The van der Waals surface area contributed by atoms with Gasteiger partial charge in [-0.1, -0.05) is 25.1 Å². The zero-order valence-electron chi connectivity index (χ0n) is 13.3. The van der Waals surface area contributed by atoms with E-state index in [4.69, 9.17) is 0 Å². The number of hydrogen-bond acceptors (Lipinski definition) is 6. The Bertz CT molecular complexity index is 829. The summed E-state index contributed by atoms with van der Waals surface area (Å²) in [6, 6.07) is 11.9. The Morgan fingerprint density at radius 2 is 2.04 bits per heavy atom. The van der Waals surface area contributed by atoms with Crippen LogP contribution in [0.2, 0.25) is 0 Å². The second-order valence-corrected chi connectivity index (χ2v) is 7.26. The molecule has 24 heavy (non-hydrogen) atoms. The largest absolute Gasteiger partial charge is 0.324 e. The van der Waals surface area contributed by atoms with Gasteiger partial charge in [0.05, 0.1) is 4.88 Å². The zero-order valence-corrected chi connectivity index (χ0v) is 14.9. The third-order valence-corrected chi connectivity index (χ3v) is 5.40. The highest BCUT2D eigenvalue weighted by molar-refractivity contribution is 7.98. The molecule has 124 valence electrons. The van der Waals surface area contributed by atoms with Crippen molar-refractivity contribution in [1.29, 1.82) is 0 Å². The second-order valence-electron chi connectivity index (χ2n) is 5.20. The van der Waals surface area contributed by atoms with E-state index in [9.17, 15) is 4.79 Å². The van der Waals surface area contributed by atoms with E-state index >= 15 is 0 Å². The van der Waals surface area contributed by atoms with Crippen molar-refractivity contribution in [3.05, 3.63) is 57.7 Å². The summed E-state index contributed by atoms with van der Waals surface area (Å²) >= 11 is 3.39. The van der Waals surface area contributed by atoms with Gasteiger partial charge in [-0.25, -0.2) is 0 Å². The molecule has 5 nitrogen and oxygen atoms in total. The summed E-state index contributed by atoms with van der Waals surface area (Å²) in [6.07, 6.45) is 1.19. The van der Waals surface area contributed by atoms with E-state index in [1.807, 2.05) is 41.4 Å². The molecule has 0 aliphatic carbocycles. The summed E-state index contributed by atoms with van der Waals surface area (Å²) in [7, 11) is 0. The molecular formula is C17H18N4OS2. The number of benzene rings is 1. The van der Waals surface area contributed by atoms with E-state index in [2.05, 4.69) is 39.6 Å². The number of nitrogens with zero attached hydrogens (tertiary/aromatic N) is 2. The highest BCUT2D eigenvalue weighted by Gasteiger charge is 2.08. The third-order valence-electron chi connectivity index (χ3n) is 3.29. The molecular weight excluding hydrogens is 340 g/mol. The molecule has 2 N–H and O–H groups in total. The van der Waals surface area contributed by atoms with Gasteiger partial charge in [-0.2, -0.15) is 11.8 Å². The number of aromatic nitrogens is 3. The summed E-state index contributed by atoms with van der Waals surface area (Å²) in [5, 5.41) is 13.1. The quantitative estimate of drug-likeness (QED) is 0.617. The van der Waals surface area contributed by atoms with Crippen LogP contribution in [0.25, 0.3) is 10.6 Å². The molecule has 1 aromatic carbocycles. The van der Waals surface area contributed by atoms with Crippen molar-refractivity contribution in [2.24, 2.45) is 0 Å². The molecule has 0 saturated heterocycles. The van der Waals surface area contributed by atoms with E-state index in [-0.39, 0.29) is 5.56 Å². The van der Waals surface area contributed by atoms with E-state index in [1.54, 1.807) is 0 Å². The fraction of sp³-hybridized carbons (Fsp3) is 0.235. The molecule has 0 atom stereocenters. The van der Waals surface area contributed by atoms with Crippen molar-refractivity contribution in [2.75, 3.05) is 11.1 Å². The topological polar surface area (TPSA) is 70.7 Å². The van der Waals surface area contributed by atoms with Gasteiger partial charge in [0, 0.05) is 11.4 Å². The number of H-pyrrole nitrogens is 1. The van der Waals surface area contributed by atoms with Crippen LogP contribution < -0.4 is 10.9 Å². The third kappa shape index (κ3) is 4.24. The number of nitrogens with one attached hydrogen (secondary N) is 2. The standard InChI is InChI=1S/C17H18N4OS2/c1-2-9-23-11-12-5-7-13(8-6-12)18-17-19-16(22)15(20-21-17)14-4-3-10-24-14/h3-8,10H,2,9,11H2,1H3,(H2,18,19,21,22). The first-order valence-electron chi connectivity index (χ1n) is 7.71. The highest BCUT2D eigenvalue weighted by Crippen LogP contribution is 2.20. The molecule has 0 spiro atoms. The number of thiophene rings is 1. The fourth-order valence-electron chi connectivity index (χ4n) is 2.12. The molecule has 0 aliphatic rings. The summed E-state index contributed by atoms with van der Waals surface area (Å²) in [4.78, 5) is 15.7. The van der Waals surface area contributed by atoms with Crippen LogP contribution in [-0.2, 0) is 5.75 Å². The first-order valence-corrected chi connectivity index (χ1v) is 9.74. The predicted molar refractivity (Wildman–Crippen MR) is 102 cm³/mol. The molecule has 7 heteroatoms. The Morgan fingerprint density at radius 3 is 2.71 bits per heavy atom. The maximum absolute atomic E-state index is 12.1. The van der Waals surface area contributed by atoms with Crippen LogP contribution in [-0.4, -0.2) is 20.9 Å². The number of thioether (sulfide) groups is 1. The monoisotopic (exact) mass is 358 g/mol. The molecule has 0 bridgehead atoms. The van der Waals surface area contributed by atoms with Crippen molar-refractivity contribution >= 4 is 34.7 Å². The summed E-state index contributed by atoms with van der Waals surface area (Å²) in [5.74, 6) is 2.53. The Balaban J connectivity index is 1.68. The first-order chi connectivity index (χ1) is 11.8. The van der Waals surface area contributed by atoms with E-state index < -0.39 is 0 Å². The van der Waals surface area contributed by atoms with Crippen LogP contribution in [0.15, 0.2) is 46.6 Å². The summed E-state index contributed by atoms with van der Waals surface area (Å²) in [6.45, 7) is 2.19. The van der Waals surface area contributed by atoms with Crippen molar-refractivity contribution in [1.82, 2.24) is 15.2 Å². The Hall–Kier alpha value is -2.12. The molecule has 0 radical (unpaired) electrons. The maximum Gasteiger partial charge on any atom is 0.280 e. The van der Waals surface area contributed by atoms with Crippen molar-refractivity contribution in [2.45, 2.75) is 19.1 Å². The van der Waals surface area contributed by atoms with Crippen LogP contribution in [0, 0.1) is 0 Å². The lowest BCUT2D eigenvalue weighted by Crippen LogP contribution is -2.15. The Labute approximate surface area is 148 Å². The van der Waals surface area contributed by atoms with Gasteiger partial charge in [-0.3, -0.25) is 9.78 Å². The highest BCUT2D eigenvalue weighted by atomic mass is 32.2. The number of aromatic amines is 1. The van der Waals surface area contributed by atoms with Crippen LogP contribution in [0.4, 0.5) is 11.6 Å². The minimum Gasteiger partial charge on any atom is -0.324 e. The van der Waals surface area contributed by atoms with Gasteiger partial charge in [0.1, 0.15) is 0 Å². The van der Waals surface area contributed by atoms with Gasteiger partial charge in [0.25, 0.3) is 5.56 Å². The van der Waals surface area contributed by atoms with Crippen LogP contribution in [0.3, 0.4) is 0 Å². The van der Waals surface area contributed by atoms with Gasteiger partial charge in [-0.15, -0.1) is 21.5 Å². The molecule has 0 unspecified atom stereocenters. The lowest BCUT2D eigenvalue weighted by Gasteiger charge is -2.06. The minimum atomic E-state index is -0.248. The molecule has 0 fully saturated rings. The smallest absolute Gasteiger partial charge is 0.280 e. The molecule has 3 aromatic rings. The molecule has 3 rings (SSSR count). The Kier molecular flexibility index (Phi) is 5.66. The molecule has 0 aliphatic heterocycles. The normalized spacial score (nSPS) is 10.7. The first kappa shape index (κ1) is 16.7. The van der Waals surface area contributed by atoms with Gasteiger partial charge < -0.3 is 5.32 Å². The van der Waals surface area contributed by atoms with Crippen LogP contribution >= 0.6 is 23.1 Å². The average Bonchev–Trinajstić information content (AvgIpc) is 3.11. The summed E-state index contributed by atoms with van der Waals surface area (Å²) in [5.41, 5.74) is 2.25. The number of anilines is 2. The second kappa shape index (κ2) is 8.12. The zero-order chi connectivity index (χ0) is 16.8. The molecule has 2 heterocycles. The van der Waals surface area contributed by atoms with E-state index in [0.29, 0.717) is 11.6 Å². The van der Waals surface area contributed by atoms with Crippen molar-refractivity contribution in [3.63, 3.8) is 0 Å². The van der Waals surface area contributed by atoms with Crippen LogP contribution in [0.1, 0.15) is 18.9 Å². The predicted octanol–water partition coefficient (Wildman–Crippen LogP) is 4.28. The lowest BCUT2D eigenvalue weighted by molar-refractivity contribution is 0.964. The lowest BCUT2D eigenvalue weighted by atomic mass is 10.2. The number of hydrogen-bond donors (Lipinski definition) is 2. The van der Waals surface area contributed by atoms with Gasteiger partial charge in [0.2, 0.25) is 5.95 Å². The van der Waals surface area contributed by atoms with E-state index in [0.717, 1.165) is 16.3 Å². The SMILES string of the molecule is CCCSCc1ccc(Nc2nnc(-c3cccs3)c(=O)[nH]2)cc1. The minimum absolute atomic E-state index is 0.248. The van der Waals surface area contributed by atoms with Gasteiger partial charge in [-0.05, 0) is 41.3 Å². The van der Waals surface area contributed by atoms with Crippen LogP contribution in [0.5, 0.6) is 0 Å². The average molecular weight is 358 g/mol. The molecule has 0 saturated carbocycles. The summed E-state index contributed by atoms with van der Waals surface area (Å²) < 4.78 is 0. The molecule has 0 amide bonds. The van der Waals surface area contributed by atoms with E-state index in [1.165, 1.54) is 29.1 Å². The molecule has 2 aromatic heterocycles. The maximum atomic E-state index is 12.1.